The van der Waals surface area contributed by atoms with E-state index in [-0.39, 0.29) is 5.56 Å². The van der Waals surface area contributed by atoms with Gasteiger partial charge in [-0.1, -0.05) is 41.2 Å². The van der Waals surface area contributed by atoms with Crippen molar-refractivity contribution in [2.75, 3.05) is 21.3 Å². The fourth-order valence-corrected chi connectivity index (χ4v) is 4.64. The van der Waals surface area contributed by atoms with E-state index in [0.29, 0.717) is 57.1 Å². The summed E-state index contributed by atoms with van der Waals surface area (Å²) in [5.74, 6) is 3.15. The lowest BCUT2D eigenvalue weighted by Gasteiger charge is -2.13. The van der Waals surface area contributed by atoms with Crippen molar-refractivity contribution in [2.45, 2.75) is 17.5 Å². The molecule has 0 spiro atoms. The maximum Gasteiger partial charge on any atom is 0.262 e. The molecule has 0 N–H and O–H groups in total. The van der Waals surface area contributed by atoms with E-state index in [1.165, 1.54) is 11.8 Å². The van der Waals surface area contributed by atoms with Gasteiger partial charge in [0.1, 0.15) is 17.2 Å². The van der Waals surface area contributed by atoms with E-state index in [1.54, 1.807) is 38.0 Å². The Labute approximate surface area is 217 Å². The summed E-state index contributed by atoms with van der Waals surface area (Å²) in [6.45, 7) is 0.363. The van der Waals surface area contributed by atoms with Crippen LogP contribution in [-0.4, -0.2) is 41.0 Å². The second-order valence-electron chi connectivity index (χ2n) is 8.05. The van der Waals surface area contributed by atoms with Crippen LogP contribution in [0.4, 0.5) is 0 Å². The Morgan fingerprint density at radius 3 is 2.27 bits per heavy atom. The molecule has 2 aromatic heterocycles. The zero-order chi connectivity index (χ0) is 25.8. The van der Waals surface area contributed by atoms with Crippen LogP contribution < -0.4 is 19.8 Å². The standard InChI is InChI=1S/C27H24N4O5S/c1-33-19-10-8-17(9-11-19)15-31-26(32)22-6-4-5-7-23(22)28-27(31)37-16-24-29-25(30-36-24)18-12-20(34-2)14-21(13-18)35-3/h4-14H,15-16H2,1-3H3. The fourth-order valence-electron chi connectivity index (χ4n) is 3.80. The zero-order valence-electron chi connectivity index (χ0n) is 20.5. The highest BCUT2D eigenvalue weighted by molar-refractivity contribution is 7.98. The minimum Gasteiger partial charge on any atom is -0.497 e. The maximum absolute atomic E-state index is 13.4. The Morgan fingerprint density at radius 2 is 1.57 bits per heavy atom. The number of nitrogens with zero attached hydrogens (tertiary/aromatic N) is 4. The lowest BCUT2D eigenvalue weighted by Crippen LogP contribution is -2.24. The molecule has 0 saturated carbocycles. The van der Waals surface area contributed by atoms with Crippen LogP contribution in [0.5, 0.6) is 17.2 Å². The van der Waals surface area contributed by atoms with Gasteiger partial charge in [0.05, 0.1) is 44.5 Å². The van der Waals surface area contributed by atoms with Crippen molar-refractivity contribution >= 4 is 22.7 Å². The molecule has 9 nitrogen and oxygen atoms in total. The summed E-state index contributed by atoms with van der Waals surface area (Å²) in [6.07, 6.45) is 0. The van der Waals surface area contributed by atoms with Gasteiger partial charge in [-0.15, -0.1) is 0 Å². The third kappa shape index (κ3) is 5.29. The highest BCUT2D eigenvalue weighted by Gasteiger charge is 2.16. The molecule has 2 heterocycles. The van der Waals surface area contributed by atoms with Crippen LogP contribution in [-0.2, 0) is 12.3 Å². The summed E-state index contributed by atoms with van der Waals surface area (Å²) in [7, 11) is 4.78. The number of para-hydroxylation sites is 1. The predicted octanol–water partition coefficient (Wildman–Crippen LogP) is 4.81. The second kappa shape index (κ2) is 10.8. The van der Waals surface area contributed by atoms with Crippen molar-refractivity contribution in [1.82, 2.24) is 19.7 Å². The van der Waals surface area contributed by atoms with Crippen LogP contribution in [0.15, 0.2) is 81.2 Å². The van der Waals surface area contributed by atoms with E-state index in [1.807, 2.05) is 54.6 Å². The van der Waals surface area contributed by atoms with Gasteiger partial charge in [0.15, 0.2) is 5.16 Å². The van der Waals surface area contributed by atoms with Crippen LogP contribution in [0.1, 0.15) is 11.5 Å². The molecule has 5 aromatic rings. The van der Waals surface area contributed by atoms with Crippen LogP contribution in [0.3, 0.4) is 0 Å². The van der Waals surface area contributed by atoms with Gasteiger partial charge in [-0.3, -0.25) is 9.36 Å². The van der Waals surface area contributed by atoms with Crippen LogP contribution in [0, 0.1) is 0 Å². The third-order valence-corrected chi connectivity index (χ3v) is 6.69. The van der Waals surface area contributed by atoms with Gasteiger partial charge in [-0.05, 0) is 42.0 Å². The van der Waals surface area contributed by atoms with Gasteiger partial charge in [0.2, 0.25) is 11.7 Å². The summed E-state index contributed by atoms with van der Waals surface area (Å²) in [5, 5.41) is 5.23. The smallest absolute Gasteiger partial charge is 0.262 e. The van der Waals surface area contributed by atoms with E-state index in [2.05, 4.69) is 10.1 Å². The van der Waals surface area contributed by atoms with Crippen LogP contribution in [0.25, 0.3) is 22.3 Å². The third-order valence-electron chi connectivity index (χ3n) is 5.73. The topological polar surface area (TPSA) is 102 Å². The van der Waals surface area contributed by atoms with E-state index in [0.717, 1.165) is 11.3 Å². The Morgan fingerprint density at radius 1 is 0.865 bits per heavy atom. The molecule has 0 fully saturated rings. The lowest BCUT2D eigenvalue weighted by atomic mass is 10.2. The molecule has 0 radical (unpaired) electrons. The van der Waals surface area contributed by atoms with Crippen molar-refractivity contribution in [3.05, 3.63) is 88.5 Å². The number of rotatable bonds is 9. The number of ether oxygens (including phenoxy) is 3. The number of hydrogen-bond acceptors (Lipinski definition) is 9. The largest absolute Gasteiger partial charge is 0.497 e. The molecule has 5 rings (SSSR count). The summed E-state index contributed by atoms with van der Waals surface area (Å²) >= 11 is 1.36. The van der Waals surface area contributed by atoms with Gasteiger partial charge in [0, 0.05) is 11.6 Å². The molecule has 10 heteroatoms. The van der Waals surface area contributed by atoms with Gasteiger partial charge < -0.3 is 18.7 Å². The predicted molar refractivity (Wildman–Crippen MR) is 140 cm³/mol. The van der Waals surface area contributed by atoms with E-state index in [4.69, 9.17) is 23.7 Å². The van der Waals surface area contributed by atoms with Crippen molar-refractivity contribution < 1.29 is 18.7 Å². The van der Waals surface area contributed by atoms with E-state index >= 15 is 0 Å². The van der Waals surface area contributed by atoms with Crippen LogP contribution >= 0.6 is 11.8 Å². The molecule has 37 heavy (non-hydrogen) atoms. The first kappa shape index (κ1) is 24.4. The molecule has 0 unspecified atom stereocenters. The summed E-state index contributed by atoms with van der Waals surface area (Å²) in [5.41, 5.74) is 2.18. The summed E-state index contributed by atoms with van der Waals surface area (Å²) < 4.78 is 23.1. The van der Waals surface area contributed by atoms with Crippen molar-refractivity contribution in [3.8, 4) is 28.6 Å². The molecule has 0 aliphatic rings. The Kier molecular flexibility index (Phi) is 7.09. The van der Waals surface area contributed by atoms with E-state index in [9.17, 15) is 4.79 Å². The molecule has 3 aromatic carbocycles. The van der Waals surface area contributed by atoms with Gasteiger partial charge >= 0.3 is 0 Å². The molecule has 0 amide bonds. The van der Waals surface area contributed by atoms with Crippen molar-refractivity contribution in [2.24, 2.45) is 0 Å². The normalized spacial score (nSPS) is 11.0. The Balaban J connectivity index is 1.43. The number of hydrogen-bond donors (Lipinski definition) is 0. The highest BCUT2D eigenvalue weighted by atomic mass is 32.2. The van der Waals surface area contributed by atoms with Gasteiger partial charge in [0.25, 0.3) is 5.56 Å². The zero-order valence-corrected chi connectivity index (χ0v) is 21.3. The van der Waals surface area contributed by atoms with Crippen LogP contribution in [0.2, 0.25) is 0 Å². The minimum absolute atomic E-state index is 0.112. The summed E-state index contributed by atoms with van der Waals surface area (Å²) in [6, 6.07) is 20.3. The van der Waals surface area contributed by atoms with Gasteiger partial charge in [-0.2, -0.15) is 4.98 Å². The number of thioether (sulfide) groups is 1. The molecule has 0 saturated heterocycles. The molecule has 188 valence electrons. The lowest BCUT2D eigenvalue weighted by molar-refractivity contribution is 0.390. The Hall–Kier alpha value is -4.31. The highest BCUT2D eigenvalue weighted by Crippen LogP contribution is 2.29. The average molecular weight is 517 g/mol. The average Bonchev–Trinajstić information content (AvgIpc) is 3.43. The quantitative estimate of drug-likeness (QED) is 0.202. The number of benzene rings is 3. The van der Waals surface area contributed by atoms with Gasteiger partial charge in [-0.25, -0.2) is 4.98 Å². The minimum atomic E-state index is -0.112. The number of methoxy groups -OCH3 is 3. The summed E-state index contributed by atoms with van der Waals surface area (Å²) in [4.78, 5) is 22.7. The Bertz CT molecular complexity index is 1580. The molecular weight excluding hydrogens is 492 g/mol. The number of aromatic nitrogens is 4. The fraction of sp³-hybridized carbons (Fsp3) is 0.185. The molecule has 0 bridgehead atoms. The van der Waals surface area contributed by atoms with E-state index < -0.39 is 0 Å². The molecule has 0 aliphatic heterocycles. The second-order valence-corrected chi connectivity index (χ2v) is 9.00. The SMILES string of the molecule is COc1ccc(Cn2c(SCc3nc(-c4cc(OC)cc(OC)c4)no3)nc3ccccc3c2=O)cc1. The van der Waals surface area contributed by atoms with Crippen molar-refractivity contribution in [1.29, 1.82) is 0 Å². The first-order valence-corrected chi connectivity index (χ1v) is 12.4. The first-order valence-electron chi connectivity index (χ1n) is 11.4. The monoisotopic (exact) mass is 516 g/mol. The maximum atomic E-state index is 13.4. The first-order chi connectivity index (χ1) is 18.1. The number of fused-ring (bicyclic) bond motifs is 1. The molecule has 0 aliphatic carbocycles. The molecule has 0 atom stereocenters. The molecular formula is C27H24N4O5S. The van der Waals surface area contributed by atoms with Crippen molar-refractivity contribution in [3.63, 3.8) is 0 Å².